The van der Waals surface area contributed by atoms with Crippen molar-refractivity contribution in [2.75, 3.05) is 19.7 Å². The number of piperidine rings is 1. The van der Waals surface area contributed by atoms with E-state index in [0.717, 1.165) is 55.7 Å². The number of likely N-dealkylation sites (tertiary alicyclic amines) is 1. The summed E-state index contributed by atoms with van der Waals surface area (Å²) >= 11 is 3.58. The van der Waals surface area contributed by atoms with Crippen molar-refractivity contribution in [2.24, 2.45) is 5.92 Å². The first-order valence-corrected chi connectivity index (χ1v) is 8.29. The van der Waals surface area contributed by atoms with Crippen LogP contribution in [0.3, 0.4) is 0 Å². The van der Waals surface area contributed by atoms with Crippen molar-refractivity contribution in [1.82, 2.24) is 4.90 Å². The summed E-state index contributed by atoms with van der Waals surface area (Å²) in [5.74, 6) is 0.723. The average molecular weight is 354 g/mol. The molecule has 0 aliphatic carbocycles. The Labute approximate surface area is 133 Å². The Kier molecular flexibility index (Phi) is 4.50. The van der Waals surface area contributed by atoms with E-state index in [1.807, 2.05) is 0 Å². The topological polar surface area (TPSA) is 49.8 Å². The first-order chi connectivity index (χ1) is 10.1. The van der Waals surface area contributed by atoms with E-state index in [4.69, 9.17) is 9.84 Å². The second-order valence-corrected chi connectivity index (χ2v) is 6.88. The lowest BCUT2D eigenvalue weighted by Gasteiger charge is -2.31. The smallest absolute Gasteiger partial charge is 0.303 e. The Morgan fingerprint density at radius 1 is 1.38 bits per heavy atom. The highest BCUT2D eigenvalue weighted by atomic mass is 79.9. The molecule has 2 heterocycles. The fourth-order valence-corrected chi connectivity index (χ4v) is 3.85. The fraction of sp³-hybridized carbons (Fsp3) is 0.562. The molecule has 1 saturated heterocycles. The van der Waals surface area contributed by atoms with Crippen molar-refractivity contribution >= 4 is 21.9 Å². The lowest BCUT2D eigenvalue weighted by molar-refractivity contribution is -0.138. The number of carboxylic acids is 1. The van der Waals surface area contributed by atoms with Gasteiger partial charge >= 0.3 is 5.97 Å². The van der Waals surface area contributed by atoms with E-state index in [2.05, 4.69) is 33.0 Å². The summed E-state index contributed by atoms with van der Waals surface area (Å²) in [4.78, 5) is 13.2. The first kappa shape index (κ1) is 14.9. The third-order valence-corrected chi connectivity index (χ3v) is 4.85. The van der Waals surface area contributed by atoms with Crippen LogP contribution in [0.15, 0.2) is 16.6 Å². The molecular weight excluding hydrogens is 334 g/mol. The van der Waals surface area contributed by atoms with Gasteiger partial charge in [0.15, 0.2) is 0 Å². The molecule has 1 fully saturated rings. The lowest BCUT2D eigenvalue weighted by atomic mass is 9.93. The molecule has 1 aromatic carbocycles. The van der Waals surface area contributed by atoms with Gasteiger partial charge < -0.3 is 9.84 Å². The maximum Gasteiger partial charge on any atom is 0.303 e. The van der Waals surface area contributed by atoms with Crippen LogP contribution in [0.25, 0.3) is 0 Å². The van der Waals surface area contributed by atoms with Crippen LogP contribution in [0.5, 0.6) is 5.75 Å². The molecule has 0 radical (unpaired) electrons. The summed E-state index contributed by atoms with van der Waals surface area (Å²) in [5.41, 5.74) is 2.54. The third kappa shape index (κ3) is 3.58. The van der Waals surface area contributed by atoms with Crippen LogP contribution in [-0.4, -0.2) is 35.7 Å². The largest absolute Gasteiger partial charge is 0.493 e. The van der Waals surface area contributed by atoms with Gasteiger partial charge in [-0.05, 0) is 49.5 Å². The number of hydrogen-bond donors (Lipinski definition) is 1. The predicted octanol–water partition coefficient (Wildman–Crippen LogP) is 3.07. The highest BCUT2D eigenvalue weighted by Crippen LogP contribution is 2.34. The number of hydrogen-bond acceptors (Lipinski definition) is 3. The highest BCUT2D eigenvalue weighted by Gasteiger charge is 2.24. The molecule has 0 saturated carbocycles. The maximum absolute atomic E-state index is 10.8. The Balaban J connectivity index is 1.62. The van der Waals surface area contributed by atoms with Gasteiger partial charge in [0.05, 0.1) is 6.61 Å². The van der Waals surface area contributed by atoms with Gasteiger partial charge in [0.2, 0.25) is 0 Å². The number of carbonyl (C=O) groups is 1. The Bertz CT molecular complexity index is 539. The van der Waals surface area contributed by atoms with E-state index in [1.54, 1.807) is 0 Å². The molecule has 0 atom stereocenters. The molecule has 0 unspecified atom stereocenters. The number of carboxylic acid groups (broad SMARTS) is 1. The molecule has 0 spiro atoms. The summed E-state index contributed by atoms with van der Waals surface area (Å²) in [6.45, 7) is 3.61. The molecule has 5 heteroatoms. The van der Waals surface area contributed by atoms with Gasteiger partial charge in [0.1, 0.15) is 5.75 Å². The van der Waals surface area contributed by atoms with Gasteiger partial charge in [0.25, 0.3) is 0 Å². The molecule has 114 valence electrons. The number of aliphatic carboxylic acids is 1. The molecule has 4 nitrogen and oxygen atoms in total. The number of rotatable bonds is 4. The zero-order chi connectivity index (χ0) is 14.8. The third-order valence-electron chi connectivity index (χ3n) is 4.39. The normalized spacial score (nSPS) is 19.3. The van der Waals surface area contributed by atoms with Crippen molar-refractivity contribution in [2.45, 2.75) is 32.2 Å². The lowest BCUT2D eigenvalue weighted by Crippen LogP contribution is -2.34. The van der Waals surface area contributed by atoms with Gasteiger partial charge in [-0.1, -0.05) is 15.9 Å². The molecular formula is C16H20BrNO3. The van der Waals surface area contributed by atoms with Crippen LogP contribution >= 0.6 is 15.9 Å². The van der Waals surface area contributed by atoms with Crippen molar-refractivity contribution in [3.8, 4) is 5.75 Å². The monoisotopic (exact) mass is 353 g/mol. The molecule has 3 rings (SSSR count). The molecule has 0 aromatic heterocycles. The van der Waals surface area contributed by atoms with Gasteiger partial charge in [-0.15, -0.1) is 0 Å². The molecule has 2 aliphatic heterocycles. The number of fused-ring (bicyclic) bond motifs is 1. The predicted molar refractivity (Wildman–Crippen MR) is 83.6 cm³/mol. The molecule has 0 bridgehead atoms. The van der Waals surface area contributed by atoms with Crippen LogP contribution in [0.1, 0.15) is 30.4 Å². The Morgan fingerprint density at radius 2 is 2.14 bits per heavy atom. The number of halogens is 1. The van der Waals surface area contributed by atoms with E-state index in [-0.39, 0.29) is 0 Å². The fourth-order valence-electron chi connectivity index (χ4n) is 3.30. The minimum Gasteiger partial charge on any atom is -0.493 e. The summed E-state index contributed by atoms with van der Waals surface area (Å²) in [7, 11) is 0. The first-order valence-electron chi connectivity index (χ1n) is 7.50. The van der Waals surface area contributed by atoms with E-state index >= 15 is 0 Å². The zero-order valence-electron chi connectivity index (χ0n) is 12.0. The standard InChI is InChI=1S/C16H20BrNO3/c17-14-8-12-3-6-21-16(12)13(9-14)10-18-4-1-11(2-5-18)7-15(19)20/h8-9,11H,1-7,10H2,(H,19,20). The number of benzene rings is 1. The van der Waals surface area contributed by atoms with Crippen LogP contribution < -0.4 is 4.74 Å². The Morgan fingerprint density at radius 3 is 2.86 bits per heavy atom. The van der Waals surface area contributed by atoms with Gasteiger partial charge in [-0.3, -0.25) is 9.69 Å². The van der Waals surface area contributed by atoms with Crippen molar-refractivity contribution in [1.29, 1.82) is 0 Å². The minimum absolute atomic E-state index is 0.309. The number of ether oxygens (including phenoxy) is 1. The quantitative estimate of drug-likeness (QED) is 0.903. The summed E-state index contributed by atoms with van der Waals surface area (Å²) in [5, 5.41) is 8.87. The highest BCUT2D eigenvalue weighted by molar-refractivity contribution is 9.10. The van der Waals surface area contributed by atoms with E-state index in [1.165, 1.54) is 11.1 Å². The Hall–Kier alpha value is -1.07. The average Bonchev–Trinajstić information content (AvgIpc) is 2.88. The van der Waals surface area contributed by atoms with Crippen LogP contribution in [0.2, 0.25) is 0 Å². The second-order valence-electron chi connectivity index (χ2n) is 5.97. The SMILES string of the molecule is O=C(O)CC1CCN(Cc2cc(Br)cc3c2OCC3)CC1. The summed E-state index contributed by atoms with van der Waals surface area (Å²) in [6, 6.07) is 4.29. The zero-order valence-corrected chi connectivity index (χ0v) is 13.6. The van der Waals surface area contributed by atoms with Gasteiger partial charge in [0, 0.05) is 29.4 Å². The van der Waals surface area contributed by atoms with E-state index in [0.29, 0.717) is 12.3 Å². The van der Waals surface area contributed by atoms with Crippen molar-refractivity contribution in [3.63, 3.8) is 0 Å². The van der Waals surface area contributed by atoms with Crippen molar-refractivity contribution in [3.05, 3.63) is 27.7 Å². The maximum atomic E-state index is 10.8. The molecule has 1 aromatic rings. The molecule has 2 aliphatic rings. The van der Waals surface area contributed by atoms with Gasteiger partial charge in [-0.2, -0.15) is 0 Å². The van der Waals surface area contributed by atoms with Gasteiger partial charge in [-0.25, -0.2) is 0 Å². The minimum atomic E-state index is -0.674. The van der Waals surface area contributed by atoms with Crippen LogP contribution in [-0.2, 0) is 17.8 Å². The summed E-state index contributed by atoms with van der Waals surface area (Å²) in [6.07, 6.45) is 3.25. The molecule has 0 amide bonds. The van der Waals surface area contributed by atoms with Crippen LogP contribution in [0, 0.1) is 5.92 Å². The molecule has 1 N–H and O–H groups in total. The number of nitrogens with zero attached hydrogens (tertiary/aromatic N) is 1. The molecule has 21 heavy (non-hydrogen) atoms. The van der Waals surface area contributed by atoms with E-state index in [9.17, 15) is 4.79 Å². The second kappa shape index (κ2) is 6.36. The van der Waals surface area contributed by atoms with E-state index < -0.39 is 5.97 Å². The van der Waals surface area contributed by atoms with Crippen LogP contribution in [0.4, 0.5) is 0 Å². The van der Waals surface area contributed by atoms with Crippen molar-refractivity contribution < 1.29 is 14.6 Å². The summed E-state index contributed by atoms with van der Waals surface area (Å²) < 4.78 is 6.89.